The molecule has 4 heteroatoms. The molecule has 1 aliphatic rings. The highest BCUT2D eigenvalue weighted by molar-refractivity contribution is 5.95. The summed E-state index contributed by atoms with van der Waals surface area (Å²) in [5, 5.41) is 3.20. The Bertz CT molecular complexity index is 480. The average Bonchev–Trinajstić information content (AvgIpc) is 2.52. The number of piperidine rings is 1. The van der Waals surface area contributed by atoms with Crippen LogP contribution in [0.5, 0.6) is 5.75 Å². The van der Waals surface area contributed by atoms with Gasteiger partial charge in [-0.15, -0.1) is 0 Å². The van der Waals surface area contributed by atoms with Gasteiger partial charge in [0.1, 0.15) is 5.75 Å². The summed E-state index contributed by atoms with van der Waals surface area (Å²) >= 11 is 0. The van der Waals surface area contributed by atoms with Gasteiger partial charge in [-0.2, -0.15) is 0 Å². The van der Waals surface area contributed by atoms with Gasteiger partial charge in [-0.1, -0.05) is 0 Å². The third kappa shape index (κ3) is 3.97. The van der Waals surface area contributed by atoms with Crippen LogP contribution < -0.4 is 10.1 Å². The summed E-state index contributed by atoms with van der Waals surface area (Å²) in [5.41, 5.74) is 1.78. The van der Waals surface area contributed by atoms with Gasteiger partial charge < -0.3 is 15.0 Å². The van der Waals surface area contributed by atoms with E-state index >= 15 is 0 Å². The van der Waals surface area contributed by atoms with Crippen LogP contribution in [0, 0.1) is 12.8 Å². The quantitative estimate of drug-likeness (QED) is 0.906. The van der Waals surface area contributed by atoms with Crippen LogP contribution in [0.1, 0.15) is 35.2 Å². The van der Waals surface area contributed by atoms with Crippen LogP contribution in [-0.2, 0) is 0 Å². The number of nitrogens with zero attached hydrogens (tertiary/aromatic N) is 1. The number of carbonyl (C=O) groups excluding carboxylic acids is 1. The van der Waals surface area contributed by atoms with E-state index in [0.717, 1.165) is 55.3 Å². The summed E-state index contributed by atoms with van der Waals surface area (Å²) in [6.07, 6.45) is 3.44. The first-order chi connectivity index (χ1) is 10.2. The van der Waals surface area contributed by atoms with Gasteiger partial charge in [0, 0.05) is 18.7 Å². The van der Waals surface area contributed by atoms with E-state index in [0.29, 0.717) is 0 Å². The van der Waals surface area contributed by atoms with Crippen LogP contribution in [0.3, 0.4) is 0 Å². The van der Waals surface area contributed by atoms with E-state index in [2.05, 4.69) is 5.32 Å². The summed E-state index contributed by atoms with van der Waals surface area (Å²) in [6.45, 7) is 4.78. The van der Waals surface area contributed by atoms with Crippen molar-refractivity contribution in [3.05, 3.63) is 29.3 Å². The molecule has 0 saturated carbocycles. The fourth-order valence-corrected chi connectivity index (χ4v) is 2.95. The maximum Gasteiger partial charge on any atom is 0.254 e. The lowest BCUT2D eigenvalue weighted by Gasteiger charge is -2.32. The zero-order valence-electron chi connectivity index (χ0n) is 13.3. The first kappa shape index (κ1) is 15.8. The third-order valence-corrected chi connectivity index (χ3v) is 4.37. The van der Waals surface area contributed by atoms with Crippen molar-refractivity contribution in [3.8, 4) is 5.75 Å². The van der Waals surface area contributed by atoms with Gasteiger partial charge in [0.2, 0.25) is 0 Å². The van der Waals surface area contributed by atoms with Gasteiger partial charge in [-0.3, -0.25) is 4.79 Å². The second kappa shape index (κ2) is 7.46. The number of benzene rings is 1. The molecule has 0 aromatic heterocycles. The van der Waals surface area contributed by atoms with E-state index in [9.17, 15) is 4.79 Å². The second-order valence-electron chi connectivity index (χ2n) is 5.81. The number of nitrogens with one attached hydrogen (secondary N) is 1. The number of hydrogen-bond donors (Lipinski definition) is 1. The Hall–Kier alpha value is -1.55. The van der Waals surface area contributed by atoms with Crippen molar-refractivity contribution in [2.45, 2.75) is 26.2 Å². The lowest BCUT2D eigenvalue weighted by atomic mass is 9.93. The minimum Gasteiger partial charge on any atom is -0.497 e. The fourth-order valence-electron chi connectivity index (χ4n) is 2.95. The molecule has 21 heavy (non-hydrogen) atoms. The highest BCUT2D eigenvalue weighted by Crippen LogP contribution is 2.23. The highest BCUT2D eigenvalue weighted by Gasteiger charge is 2.24. The molecule has 1 aromatic rings. The van der Waals surface area contributed by atoms with Crippen LogP contribution in [0.4, 0.5) is 0 Å². The summed E-state index contributed by atoms with van der Waals surface area (Å²) in [5.74, 6) is 1.70. The zero-order chi connectivity index (χ0) is 15.2. The molecule has 1 fully saturated rings. The maximum atomic E-state index is 12.6. The van der Waals surface area contributed by atoms with E-state index in [-0.39, 0.29) is 5.91 Å². The molecule has 1 amide bonds. The van der Waals surface area contributed by atoms with E-state index in [4.69, 9.17) is 4.74 Å². The number of ether oxygens (including phenoxy) is 1. The van der Waals surface area contributed by atoms with E-state index in [1.807, 2.05) is 37.1 Å². The zero-order valence-corrected chi connectivity index (χ0v) is 13.3. The molecule has 1 heterocycles. The number of hydrogen-bond acceptors (Lipinski definition) is 3. The fraction of sp³-hybridized carbons (Fsp3) is 0.588. The normalized spacial score (nSPS) is 16.0. The van der Waals surface area contributed by atoms with Crippen molar-refractivity contribution in [2.75, 3.05) is 33.8 Å². The van der Waals surface area contributed by atoms with Crippen LogP contribution in [-0.4, -0.2) is 44.6 Å². The van der Waals surface area contributed by atoms with Crippen LogP contribution in [0.25, 0.3) is 0 Å². The smallest absolute Gasteiger partial charge is 0.254 e. The molecule has 4 nitrogen and oxygen atoms in total. The first-order valence-corrected chi connectivity index (χ1v) is 7.74. The number of likely N-dealkylation sites (tertiary alicyclic amines) is 1. The molecule has 0 bridgehead atoms. The molecule has 2 rings (SSSR count). The molecular weight excluding hydrogens is 264 g/mol. The van der Waals surface area contributed by atoms with Gasteiger partial charge in [-0.05, 0) is 69.5 Å². The Morgan fingerprint density at radius 2 is 2.10 bits per heavy atom. The van der Waals surface area contributed by atoms with Crippen LogP contribution in [0.2, 0.25) is 0 Å². The van der Waals surface area contributed by atoms with Crippen molar-refractivity contribution < 1.29 is 9.53 Å². The molecule has 0 aliphatic carbocycles. The number of amides is 1. The minimum absolute atomic E-state index is 0.155. The van der Waals surface area contributed by atoms with Gasteiger partial charge in [-0.25, -0.2) is 0 Å². The molecule has 1 aromatic carbocycles. The Labute approximate surface area is 127 Å². The van der Waals surface area contributed by atoms with Gasteiger partial charge in [0.05, 0.1) is 7.11 Å². The summed E-state index contributed by atoms with van der Waals surface area (Å²) < 4.78 is 5.20. The molecule has 1 aliphatic heterocycles. The summed E-state index contributed by atoms with van der Waals surface area (Å²) in [7, 11) is 3.64. The van der Waals surface area contributed by atoms with Gasteiger partial charge in [0.15, 0.2) is 0 Å². The van der Waals surface area contributed by atoms with Crippen molar-refractivity contribution in [3.63, 3.8) is 0 Å². The van der Waals surface area contributed by atoms with Crippen molar-refractivity contribution in [2.24, 2.45) is 5.92 Å². The van der Waals surface area contributed by atoms with Crippen molar-refractivity contribution >= 4 is 5.91 Å². The maximum absolute atomic E-state index is 12.6. The lowest BCUT2D eigenvalue weighted by Crippen LogP contribution is -2.39. The molecule has 116 valence electrons. The van der Waals surface area contributed by atoms with Crippen molar-refractivity contribution in [1.82, 2.24) is 10.2 Å². The van der Waals surface area contributed by atoms with Gasteiger partial charge >= 0.3 is 0 Å². The van der Waals surface area contributed by atoms with Crippen LogP contribution >= 0.6 is 0 Å². The summed E-state index contributed by atoms with van der Waals surface area (Å²) in [6, 6.07) is 5.66. The Morgan fingerprint density at radius 1 is 1.38 bits per heavy atom. The molecule has 1 N–H and O–H groups in total. The van der Waals surface area contributed by atoms with E-state index < -0.39 is 0 Å². The van der Waals surface area contributed by atoms with Crippen molar-refractivity contribution in [1.29, 1.82) is 0 Å². The molecule has 0 unspecified atom stereocenters. The Morgan fingerprint density at radius 3 is 2.67 bits per heavy atom. The second-order valence-corrected chi connectivity index (χ2v) is 5.81. The standard InChI is InChI=1S/C17H26N2O2/c1-13-12-15(21-3)4-5-16(13)17(20)19-10-7-14(8-11-19)6-9-18-2/h4-5,12,14,18H,6-11H2,1-3H3. The first-order valence-electron chi connectivity index (χ1n) is 7.74. The predicted octanol–water partition coefficient (Wildman–Crippen LogP) is 2.47. The molecule has 0 atom stereocenters. The third-order valence-electron chi connectivity index (χ3n) is 4.37. The monoisotopic (exact) mass is 290 g/mol. The molecule has 0 radical (unpaired) electrons. The largest absolute Gasteiger partial charge is 0.497 e. The summed E-state index contributed by atoms with van der Waals surface area (Å²) in [4.78, 5) is 14.6. The van der Waals surface area contributed by atoms with E-state index in [1.165, 1.54) is 6.42 Å². The average molecular weight is 290 g/mol. The predicted molar refractivity (Wildman–Crippen MR) is 84.9 cm³/mol. The molecule has 0 spiro atoms. The number of aryl methyl sites for hydroxylation is 1. The van der Waals surface area contributed by atoms with Gasteiger partial charge in [0.25, 0.3) is 5.91 Å². The minimum atomic E-state index is 0.155. The molecule has 1 saturated heterocycles. The number of rotatable bonds is 5. The Kier molecular flexibility index (Phi) is 5.62. The highest BCUT2D eigenvalue weighted by atomic mass is 16.5. The number of carbonyl (C=O) groups is 1. The Balaban J connectivity index is 1.95. The molecular formula is C17H26N2O2. The lowest BCUT2D eigenvalue weighted by molar-refractivity contribution is 0.0686. The SMILES string of the molecule is CNCCC1CCN(C(=O)c2ccc(OC)cc2C)CC1. The van der Waals surface area contributed by atoms with E-state index in [1.54, 1.807) is 7.11 Å². The van der Waals surface area contributed by atoms with Crippen LogP contribution in [0.15, 0.2) is 18.2 Å². The topological polar surface area (TPSA) is 41.6 Å². The number of methoxy groups -OCH3 is 1.